The zero-order valence-corrected chi connectivity index (χ0v) is 41.6. The Morgan fingerprint density at radius 1 is 0.609 bits per heavy atom. The minimum atomic E-state index is -1.18. The highest BCUT2D eigenvalue weighted by Gasteiger charge is 2.37. The van der Waals surface area contributed by atoms with Gasteiger partial charge in [-0.2, -0.15) is 0 Å². The number of rotatable bonds is 39. The summed E-state index contributed by atoms with van der Waals surface area (Å²) in [7, 11) is 1.52. The van der Waals surface area contributed by atoms with E-state index in [1.807, 2.05) is 37.3 Å². The fraction of sp³-hybridized carbons (Fsp3) is 0.750. The number of amides is 3. The van der Waals surface area contributed by atoms with Crippen LogP contribution < -0.4 is 5.32 Å². The molecule has 0 saturated carbocycles. The molecule has 0 aromatic heterocycles. The molecule has 3 amide bonds. The standard InChI is InChI=1S/C52H88N2O15/c1-34(17-36(3)19-51(67)54-49(50(69-4)31-52(54)68)20-37-15-11-8-12-16-37)13-9-6-5-7-10-14-35(2)18-38(56)21-39(57)22-40(58)23-41(59)24-42(60)25-43(61)26-44(62)27-45(63)28-46(64)29-47(65)30-48(66)32-53-33-55/h8,11-12,15-16,19,31,33-35,38-49,56-66H,5-7,9-10,13-14,17-18,20-30,32H2,1-4H3,(H,53,55). The predicted molar refractivity (Wildman–Crippen MR) is 261 cm³/mol. The quantitative estimate of drug-likeness (QED) is 0.0257. The lowest BCUT2D eigenvalue weighted by molar-refractivity contribution is -0.139. The van der Waals surface area contributed by atoms with Crippen molar-refractivity contribution in [2.45, 2.75) is 222 Å². The first-order valence-corrected chi connectivity index (χ1v) is 25.2. The molecule has 0 fully saturated rings. The lowest BCUT2D eigenvalue weighted by Gasteiger charge is -2.24. The van der Waals surface area contributed by atoms with Crippen LogP contribution in [0.5, 0.6) is 0 Å². The van der Waals surface area contributed by atoms with Crippen molar-refractivity contribution in [2.24, 2.45) is 11.8 Å². The molecule has 0 aliphatic carbocycles. The van der Waals surface area contributed by atoms with Gasteiger partial charge in [-0.3, -0.25) is 19.3 Å². The molecule has 2 rings (SSSR count). The van der Waals surface area contributed by atoms with E-state index in [4.69, 9.17) is 4.74 Å². The van der Waals surface area contributed by atoms with Crippen molar-refractivity contribution in [1.82, 2.24) is 10.2 Å². The number of allylic oxidation sites excluding steroid dienone is 1. The number of carbonyl (C=O) groups is 3. The highest BCUT2D eigenvalue weighted by Crippen LogP contribution is 2.27. The number of aliphatic hydroxyl groups excluding tert-OH is 11. The lowest BCUT2D eigenvalue weighted by Crippen LogP contribution is -2.41. The summed E-state index contributed by atoms with van der Waals surface area (Å²) in [5.74, 6) is 0.422. The SMILES string of the molecule is COC1=CC(=O)N(C(=O)C=C(C)CC(C)CCCCCCCC(C)CC(O)CC(O)CC(O)CC(O)CC(O)CC(O)CC(O)CC(O)CC(O)CC(O)CC(O)CNC=O)C1Cc1ccccc1. The van der Waals surface area contributed by atoms with Gasteiger partial charge in [0.2, 0.25) is 6.41 Å². The first-order valence-electron chi connectivity index (χ1n) is 25.2. The first kappa shape index (κ1) is 61.8. The molecule has 396 valence electrons. The van der Waals surface area contributed by atoms with Crippen molar-refractivity contribution < 1.29 is 75.3 Å². The van der Waals surface area contributed by atoms with Crippen LogP contribution in [0.15, 0.2) is 53.8 Å². The van der Waals surface area contributed by atoms with Crippen LogP contribution in [0.2, 0.25) is 0 Å². The number of imide groups is 1. The second kappa shape index (κ2) is 34.1. The molecular formula is C52H88N2O15. The molecule has 14 unspecified atom stereocenters. The number of aliphatic hydroxyl groups is 11. The molecule has 1 aliphatic heterocycles. The lowest BCUT2D eigenvalue weighted by atomic mass is 9.92. The average Bonchev–Trinajstić information content (AvgIpc) is 3.55. The van der Waals surface area contributed by atoms with E-state index in [0.29, 0.717) is 30.9 Å². The largest absolute Gasteiger partial charge is 0.499 e. The fourth-order valence-electron chi connectivity index (χ4n) is 9.51. The van der Waals surface area contributed by atoms with E-state index >= 15 is 0 Å². The average molecular weight is 981 g/mol. The van der Waals surface area contributed by atoms with Crippen molar-refractivity contribution in [3.63, 3.8) is 0 Å². The molecule has 1 aliphatic rings. The molecule has 0 spiro atoms. The van der Waals surface area contributed by atoms with E-state index in [0.717, 1.165) is 62.5 Å². The third-order valence-corrected chi connectivity index (χ3v) is 12.9. The molecule has 1 heterocycles. The number of benzene rings is 1. The highest BCUT2D eigenvalue weighted by atomic mass is 16.5. The van der Waals surface area contributed by atoms with E-state index in [2.05, 4.69) is 19.2 Å². The molecular weight excluding hydrogens is 893 g/mol. The summed E-state index contributed by atoms with van der Waals surface area (Å²) >= 11 is 0. The molecule has 0 radical (unpaired) electrons. The van der Waals surface area contributed by atoms with Gasteiger partial charge in [-0.05, 0) is 95.0 Å². The maximum Gasteiger partial charge on any atom is 0.257 e. The molecule has 1 aromatic carbocycles. The second-order valence-electron chi connectivity index (χ2n) is 20.1. The number of hydrogen-bond donors (Lipinski definition) is 12. The first-order chi connectivity index (χ1) is 32.7. The number of nitrogens with zero attached hydrogens (tertiary/aromatic N) is 1. The van der Waals surface area contributed by atoms with E-state index < -0.39 is 73.2 Å². The van der Waals surface area contributed by atoms with E-state index in [-0.39, 0.29) is 88.5 Å². The summed E-state index contributed by atoms with van der Waals surface area (Å²) in [6.45, 7) is 6.13. The van der Waals surface area contributed by atoms with Gasteiger partial charge in [0.15, 0.2) is 0 Å². The Kier molecular flexibility index (Phi) is 30.5. The Morgan fingerprint density at radius 2 is 1.00 bits per heavy atom. The van der Waals surface area contributed by atoms with Gasteiger partial charge in [-0.15, -0.1) is 0 Å². The second-order valence-corrected chi connectivity index (χ2v) is 20.1. The van der Waals surface area contributed by atoms with Crippen LogP contribution in [-0.2, 0) is 25.5 Å². The summed E-state index contributed by atoms with van der Waals surface area (Å²) in [6.07, 6.45) is -0.702. The van der Waals surface area contributed by atoms with Crippen LogP contribution in [0.3, 0.4) is 0 Å². The topological polar surface area (TPSA) is 298 Å². The normalized spacial score (nSPS) is 20.1. The Balaban J connectivity index is 1.56. The number of ether oxygens (including phenoxy) is 1. The Labute approximate surface area is 409 Å². The number of carbonyl (C=O) groups excluding carboxylic acids is 3. The Hall–Kier alpha value is -3.33. The van der Waals surface area contributed by atoms with Crippen LogP contribution in [0.25, 0.3) is 0 Å². The zero-order chi connectivity index (χ0) is 51.5. The van der Waals surface area contributed by atoms with Gasteiger partial charge in [0, 0.05) is 31.5 Å². The van der Waals surface area contributed by atoms with Crippen LogP contribution >= 0.6 is 0 Å². The van der Waals surface area contributed by atoms with Crippen molar-refractivity contribution in [3.8, 4) is 0 Å². The minimum absolute atomic E-state index is 0.0558. The Bertz CT molecular complexity index is 1630. The van der Waals surface area contributed by atoms with Crippen molar-refractivity contribution in [3.05, 3.63) is 59.4 Å². The summed E-state index contributed by atoms with van der Waals surface area (Å²) in [5.41, 5.74) is 1.95. The molecule has 12 N–H and O–H groups in total. The van der Waals surface area contributed by atoms with Gasteiger partial charge in [-0.25, -0.2) is 0 Å². The molecule has 17 nitrogen and oxygen atoms in total. The van der Waals surface area contributed by atoms with Crippen LogP contribution in [0.1, 0.15) is 148 Å². The Morgan fingerprint density at radius 3 is 1.42 bits per heavy atom. The fourth-order valence-corrected chi connectivity index (χ4v) is 9.51. The summed E-state index contributed by atoms with van der Waals surface area (Å²) in [5, 5.41) is 116. The third kappa shape index (κ3) is 27.2. The van der Waals surface area contributed by atoms with Gasteiger partial charge in [0.05, 0.1) is 74.3 Å². The van der Waals surface area contributed by atoms with Gasteiger partial charge in [0.1, 0.15) is 11.8 Å². The van der Waals surface area contributed by atoms with Crippen molar-refractivity contribution >= 4 is 18.2 Å². The predicted octanol–water partition coefficient (Wildman–Crippen LogP) is 2.84. The molecule has 0 saturated heterocycles. The van der Waals surface area contributed by atoms with Gasteiger partial charge >= 0.3 is 0 Å². The summed E-state index contributed by atoms with van der Waals surface area (Å²) in [6, 6.07) is 9.24. The highest BCUT2D eigenvalue weighted by molar-refractivity contribution is 6.08. The smallest absolute Gasteiger partial charge is 0.257 e. The molecule has 1 aromatic rings. The van der Waals surface area contributed by atoms with Crippen LogP contribution in [-0.4, -0.2) is 166 Å². The molecule has 14 atom stereocenters. The van der Waals surface area contributed by atoms with Gasteiger partial charge in [-0.1, -0.05) is 94.7 Å². The number of methoxy groups -OCH3 is 1. The van der Waals surface area contributed by atoms with Crippen LogP contribution in [0, 0.1) is 11.8 Å². The zero-order valence-electron chi connectivity index (χ0n) is 41.6. The van der Waals surface area contributed by atoms with Gasteiger partial charge < -0.3 is 66.2 Å². The maximum absolute atomic E-state index is 13.3. The van der Waals surface area contributed by atoms with E-state index in [1.165, 1.54) is 18.1 Å². The maximum atomic E-state index is 13.3. The number of hydrogen-bond acceptors (Lipinski definition) is 15. The monoisotopic (exact) mass is 981 g/mol. The molecule has 69 heavy (non-hydrogen) atoms. The van der Waals surface area contributed by atoms with Crippen molar-refractivity contribution in [2.75, 3.05) is 13.7 Å². The van der Waals surface area contributed by atoms with Crippen LogP contribution in [0.4, 0.5) is 0 Å². The van der Waals surface area contributed by atoms with E-state index in [9.17, 15) is 70.6 Å². The summed E-state index contributed by atoms with van der Waals surface area (Å²) < 4.78 is 5.46. The minimum Gasteiger partial charge on any atom is -0.499 e. The van der Waals surface area contributed by atoms with Crippen molar-refractivity contribution in [1.29, 1.82) is 0 Å². The third-order valence-electron chi connectivity index (χ3n) is 12.9. The van der Waals surface area contributed by atoms with E-state index in [1.54, 1.807) is 6.08 Å². The van der Waals surface area contributed by atoms with Gasteiger partial charge in [0.25, 0.3) is 11.8 Å². The molecule has 17 heteroatoms. The summed E-state index contributed by atoms with van der Waals surface area (Å²) in [4.78, 5) is 37.7. The molecule has 0 bridgehead atoms. The number of unbranched alkanes of at least 4 members (excludes halogenated alkanes) is 4. The number of nitrogens with one attached hydrogen (secondary N) is 1.